The molecule has 0 radical (unpaired) electrons. The molecule has 5 nitrogen and oxygen atoms in total. The molecule has 1 rings (SSSR count). The zero-order chi connectivity index (χ0) is 10.6. The van der Waals surface area contributed by atoms with Crippen LogP contribution in [0.25, 0.3) is 0 Å². The summed E-state index contributed by atoms with van der Waals surface area (Å²) in [5.74, 6) is 0.0944. The summed E-state index contributed by atoms with van der Waals surface area (Å²) in [5, 5.41) is 2.78. The van der Waals surface area contributed by atoms with Gasteiger partial charge in [-0.25, -0.2) is 9.97 Å². The number of amides is 1. The van der Waals surface area contributed by atoms with E-state index in [-0.39, 0.29) is 11.9 Å². The normalized spacial score (nSPS) is 12.1. The van der Waals surface area contributed by atoms with Crippen molar-refractivity contribution in [1.29, 1.82) is 0 Å². The number of aromatic nitrogens is 2. The molecule has 76 valence electrons. The van der Waals surface area contributed by atoms with Crippen LogP contribution in [0.15, 0.2) is 12.4 Å². The third-order valence-electron chi connectivity index (χ3n) is 1.89. The van der Waals surface area contributed by atoms with E-state index in [1.54, 1.807) is 0 Å². The van der Waals surface area contributed by atoms with Gasteiger partial charge in [-0.05, 0) is 13.3 Å². The molecule has 1 aromatic heterocycles. The second-order valence-corrected chi connectivity index (χ2v) is 3.11. The average molecular weight is 194 g/mol. The molecule has 1 aromatic rings. The molecule has 1 heterocycles. The Kier molecular flexibility index (Phi) is 3.39. The lowest BCUT2D eigenvalue weighted by Crippen LogP contribution is -2.32. The fourth-order valence-electron chi connectivity index (χ4n) is 0.855. The van der Waals surface area contributed by atoms with Crippen LogP contribution in [0, 0.1) is 0 Å². The number of carbonyl (C=O) groups excluding carboxylic acids is 1. The maximum Gasteiger partial charge on any atom is 0.271 e. The Morgan fingerprint density at radius 1 is 1.57 bits per heavy atom. The zero-order valence-corrected chi connectivity index (χ0v) is 8.32. The standard InChI is InChI=1S/C9H14N4O/c1-3-6(2)13-9(14)7-4-12-8(10)5-11-7/h4-6H,3H2,1-2H3,(H2,10,12)(H,13,14). The number of nitrogens with zero attached hydrogens (tertiary/aromatic N) is 2. The second-order valence-electron chi connectivity index (χ2n) is 3.11. The first-order valence-corrected chi connectivity index (χ1v) is 4.52. The van der Waals surface area contributed by atoms with Crippen molar-refractivity contribution in [2.24, 2.45) is 0 Å². The Morgan fingerprint density at radius 3 is 2.79 bits per heavy atom. The number of carbonyl (C=O) groups is 1. The van der Waals surface area contributed by atoms with Gasteiger partial charge in [0.15, 0.2) is 0 Å². The van der Waals surface area contributed by atoms with Crippen molar-refractivity contribution in [3.63, 3.8) is 0 Å². The maximum absolute atomic E-state index is 11.5. The van der Waals surface area contributed by atoms with Crippen molar-refractivity contribution < 1.29 is 4.79 Å². The van der Waals surface area contributed by atoms with E-state index in [9.17, 15) is 4.79 Å². The lowest BCUT2D eigenvalue weighted by atomic mass is 10.2. The van der Waals surface area contributed by atoms with Gasteiger partial charge in [-0.2, -0.15) is 0 Å². The minimum atomic E-state index is -0.216. The van der Waals surface area contributed by atoms with Crippen LogP contribution in [-0.4, -0.2) is 21.9 Å². The first kappa shape index (κ1) is 10.4. The Labute approximate surface area is 82.7 Å². The molecule has 0 aliphatic heterocycles. The molecule has 3 N–H and O–H groups in total. The van der Waals surface area contributed by atoms with Crippen LogP contribution in [0.5, 0.6) is 0 Å². The van der Waals surface area contributed by atoms with Crippen LogP contribution in [0.2, 0.25) is 0 Å². The molecule has 0 aliphatic carbocycles. The van der Waals surface area contributed by atoms with Gasteiger partial charge in [0.1, 0.15) is 11.5 Å². The van der Waals surface area contributed by atoms with E-state index in [2.05, 4.69) is 15.3 Å². The molecule has 0 aliphatic rings. The summed E-state index contributed by atoms with van der Waals surface area (Å²) < 4.78 is 0. The van der Waals surface area contributed by atoms with E-state index in [1.165, 1.54) is 12.4 Å². The molecular weight excluding hydrogens is 180 g/mol. The lowest BCUT2D eigenvalue weighted by Gasteiger charge is -2.10. The summed E-state index contributed by atoms with van der Waals surface area (Å²) in [5.41, 5.74) is 5.64. The SMILES string of the molecule is CCC(C)NC(=O)c1cnc(N)cn1. The van der Waals surface area contributed by atoms with Gasteiger partial charge < -0.3 is 11.1 Å². The molecule has 0 saturated heterocycles. The van der Waals surface area contributed by atoms with Gasteiger partial charge in [0, 0.05) is 6.04 Å². The first-order chi connectivity index (χ1) is 6.63. The van der Waals surface area contributed by atoms with Crippen LogP contribution < -0.4 is 11.1 Å². The van der Waals surface area contributed by atoms with E-state index in [0.29, 0.717) is 11.5 Å². The first-order valence-electron chi connectivity index (χ1n) is 4.52. The van der Waals surface area contributed by atoms with Gasteiger partial charge >= 0.3 is 0 Å². The molecule has 14 heavy (non-hydrogen) atoms. The Morgan fingerprint density at radius 2 is 2.29 bits per heavy atom. The summed E-state index contributed by atoms with van der Waals surface area (Å²) in [6.45, 7) is 3.93. The lowest BCUT2D eigenvalue weighted by molar-refractivity contribution is 0.0934. The molecular formula is C9H14N4O. The highest BCUT2D eigenvalue weighted by Crippen LogP contribution is 1.97. The quantitative estimate of drug-likeness (QED) is 0.737. The van der Waals surface area contributed by atoms with Crippen LogP contribution in [-0.2, 0) is 0 Å². The number of nitrogen functional groups attached to an aromatic ring is 1. The minimum Gasteiger partial charge on any atom is -0.382 e. The Balaban J connectivity index is 2.65. The second kappa shape index (κ2) is 4.55. The summed E-state index contributed by atoms with van der Waals surface area (Å²) in [4.78, 5) is 19.1. The van der Waals surface area contributed by atoms with Gasteiger partial charge in [0.05, 0.1) is 12.4 Å². The van der Waals surface area contributed by atoms with Crippen LogP contribution in [0.3, 0.4) is 0 Å². The summed E-state index contributed by atoms with van der Waals surface area (Å²) in [7, 11) is 0. The highest BCUT2D eigenvalue weighted by atomic mass is 16.1. The van der Waals surface area contributed by atoms with Gasteiger partial charge in [-0.3, -0.25) is 4.79 Å². The molecule has 0 bridgehead atoms. The van der Waals surface area contributed by atoms with Crippen LogP contribution >= 0.6 is 0 Å². The molecule has 0 fully saturated rings. The van der Waals surface area contributed by atoms with Crippen molar-refractivity contribution in [2.75, 3.05) is 5.73 Å². The molecule has 0 spiro atoms. The van der Waals surface area contributed by atoms with Gasteiger partial charge in [0.25, 0.3) is 5.91 Å². The molecule has 5 heteroatoms. The highest BCUT2D eigenvalue weighted by Gasteiger charge is 2.09. The fraction of sp³-hybridized carbons (Fsp3) is 0.444. The van der Waals surface area contributed by atoms with E-state index in [0.717, 1.165) is 6.42 Å². The van der Waals surface area contributed by atoms with E-state index >= 15 is 0 Å². The van der Waals surface area contributed by atoms with Gasteiger partial charge in [0.2, 0.25) is 0 Å². The topological polar surface area (TPSA) is 80.9 Å². The number of nitrogens with one attached hydrogen (secondary N) is 1. The summed E-state index contributed by atoms with van der Waals surface area (Å²) >= 11 is 0. The average Bonchev–Trinajstić information content (AvgIpc) is 2.18. The molecule has 0 saturated carbocycles. The number of hydrogen-bond donors (Lipinski definition) is 2. The van der Waals surface area contributed by atoms with Crippen molar-refractivity contribution >= 4 is 11.7 Å². The third kappa shape index (κ3) is 2.69. The van der Waals surface area contributed by atoms with Crippen LogP contribution in [0.1, 0.15) is 30.8 Å². The monoisotopic (exact) mass is 194 g/mol. The Hall–Kier alpha value is -1.65. The molecule has 1 amide bonds. The minimum absolute atomic E-state index is 0.141. The number of rotatable bonds is 3. The number of nitrogens with two attached hydrogens (primary N) is 1. The predicted molar refractivity (Wildman–Crippen MR) is 53.7 cm³/mol. The number of anilines is 1. The predicted octanol–water partition coefficient (Wildman–Crippen LogP) is 0.587. The fourth-order valence-corrected chi connectivity index (χ4v) is 0.855. The van der Waals surface area contributed by atoms with Gasteiger partial charge in [-0.1, -0.05) is 6.92 Å². The van der Waals surface area contributed by atoms with Crippen molar-refractivity contribution in [1.82, 2.24) is 15.3 Å². The summed E-state index contributed by atoms with van der Waals surface area (Å²) in [6, 6.07) is 0.141. The highest BCUT2D eigenvalue weighted by molar-refractivity contribution is 5.92. The molecule has 1 unspecified atom stereocenters. The third-order valence-corrected chi connectivity index (χ3v) is 1.89. The zero-order valence-electron chi connectivity index (χ0n) is 8.32. The van der Waals surface area contributed by atoms with Crippen LogP contribution in [0.4, 0.5) is 5.82 Å². The van der Waals surface area contributed by atoms with Crippen molar-refractivity contribution in [3.8, 4) is 0 Å². The van der Waals surface area contributed by atoms with Crippen molar-refractivity contribution in [2.45, 2.75) is 26.3 Å². The largest absolute Gasteiger partial charge is 0.382 e. The maximum atomic E-state index is 11.5. The van der Waals surface area contributed by atoms with E-state index in [1.807, 2.05) is 13.8 Å². The number of hydrogen-bond acceptors (Lipinski definition) is 4. The van der Waals surface area contributed by atoms with E-state index in [4.69, 9.17) is 5.73 Å². The van der Waals surface area contributed by atoms with Crippen molar-refractivity contribution in [3.05, 3.63) is 18.1 Å². The molecule has 0 aromatic carbocycles. The van der Waals surface area contributed by atoms with E-state index < -0.39 is 0 Å². The smallest absolute Gasteiger partial charge is 0.271 e. The van der Waals surface area contributed by atoms with Gasteiger partial charge in [-0.15, -0.1) is 0 Å². The molecule has 1 atom stereocenters. The Bertz CT molecular complexity index is 309. The summed E-state index contributed by atoms with van der Waals surface area (Å²) in [6.07, 6.45) is 3.62.